The zero-order valence-electron chi connectivity index (χ0n) is 10.3. The number of hydrogen-bond donors (Lipinski definition) is 1. The van der Waals surface area contributed by atoms with E-state index in [0.717, 1.165) is 18.1 Å². The molecular weight excluding hydrogens is 222 g/mol. The zero-order chi connectivity index (χ0) is 12.4. The van der Waals surface area contributed by atoms with Crippen LogP contribution in [0.5, 0.6) is 0 Å². The normalized spacial score (nSPS) is 14.4. The van der Waals surface area contributed by atoms with Gasteiger partial charge in [-0.15, -0.1) is 0 Å². The molecule has 1 heterocycles. The fourth-order valence-electron chi connectivity index (χ4n) is 2.20. The number of nitrogens with two attached hydrogens (primary N) is 1. The van der Waals surface area contributed by atoms with Gasteiger partial charge in [-0.05, 0) is 42.7 Å². The fourth-order valence-corrected chi connectivity index (χ4v) is 2.20. The Bertz CT molecular complexity index is 520. The molecule has 0 unspecified atom stereocenters. The first-order valence-corrected chi connectivity index (χ1v) is 6.35. The molecule has 0 spiro atoms. The predicted octanol–water partition coefficient (Wildman–Crippen LogP) is 2.83. The number of pyridine rings is 1. The summed E-state index contributed by atoms with van der Waals surface area (Å²) in [5, 5.41) is 0. The Kier molecular flexibility index (Phi) is 2.89. The van der Waals surface area contributed by atoms with Gasteiger partial charge in [-0.3, -0.25) is 0 Å². The van der Waals surface area contributed by atoms with Crippen LogP contribution in [0.15, 0.2) is 48.7 Å². The molecule has 1 fully saturated rings. The SMILES string of the molecule is Nc1cccc(CN(c2ccccn2)C2CC2)c1. The van der Waals surface area contributed by atoms with Crippen LogP contribution in [0.2, 0.25) is 0 Å². The molecule has 3 nitrogen and oxygen atoms in total. The van der Waals surface area contributed by atoms with E-state index in [1.165, 1.54) is 18.4 Å². The third-order valence-corrected chi connectivity index (χ3v) is 3.24. The van der Waals surface area contributed by atoms with Crippen molar-refractivity contribution in [2.24, 2.45) is 0 Å². The van der Waals surface area contributed by atoms with Crippen molar-refractivity contribution >= 4 is 11.5 Å². The van der Waals surface area contributed by atoms with Gasteiger partial charge in [0.15, 0.2) is 0 Å². The molecule has 92 valence electrons. The van der Waals surface area contributed by atoms with Crippen molar-refractivity contribution in [3.8, 4) is 0 Å². The lowest BCUT2D eigenvalue weighted by Gasteiger charge is -2.23. The van der Waals surface area contributed by atoms with Gasteiger partial charge < -0.3 is 10.6 Å². The van der Waals surface area contributed by atoms with Crippen LogP contribution in [0.25, 0.3) is 0 Å². The molecule has 18 heavy (non-hydrogen) atoms. The van der Waals surface area contributed by atoms with Gasteiger partial charge in [0, 0.05) is 24.5 Å². The summed E-state index contributed by atoms with van der Waals surface area (Å²) in [6.07, 6.45) is 4.38. The van der Waals surface area contributed by atoms with E-state index in [9.17, 15) is 0 Å². The average molecular weight is 239 g/mol. The highest BCUT2D eigenvalue weighted by molar-refractivity contribution is 5.45. The van der Waals surface area contributed by atoms with Crippen molar-refractivity contribution in [2.75, 3.05) is 10.6 Å². The van der Waals surface area contributed by atoms with Crippen molar-refractivity contribution in [1.29, 1.82) is 0 Å². The van der Waals surface area contributed by atoms with Crippen LogP contribution in [0.1, 0.15) is 18.4 Å². The molecular formula is C15H17N3. The van der Waals surface area contributed by atoms with Crippen LogP contribution in [0, 0.1) is 0 Å². The minimum absolute atomic E-state index is 0.640. The summed E-state index contributed by atoms with van der Waals surface area (Å²) in [6.45, 7) is 0.882. The maximum atomic E-state index is 5.83. The Hall–Kier alpha value is -2.03. The van der Waals surface area contributed by atoms with E-state index in [4.69, 9.17) is 5.73 Å². The van der Waals surface area contributed by atoms with Crippen LogP contribution in [0.4, 0.5) is 11.5 Å². The Morgan fingerprint density at radius 2 is 2.06 bits per heavy atom. The van der Waals surface area contributed by atoms with Crippen LogP contribution >= 0.6 is 0 Å². The first-order valence-electron chi connectivity index (χ1n) is 6.35. The fraction of sp³-hybridized carbons (Fsp3) is 0.267. The lowest BCUT2D eigenvalue weighted by atomic mass is 10.2. The largest absolute Gasteiger partial charge is 0.399 e. The Morgan fingerprint density at radius 1 is 1.17 bits per heavy atom. The summed E-state index contributed by atoms with van der Waals surface area (Å²) < 4.78 is 0. The third kappa shape index (κ3) is 2.45. The summed E-state index contributed by atoms with van der Waals surface area (Å²) in [4.78, 5) is 6.82. The maximum absolute atomic E-state index is 5.83. The number of nitrogens with zero attached hydrogens (tertiary/aromatic N) is 2. The van der Waals surface area contributed by atoms with E-state index >= 15 is 0 Å². The molecule has 0 bridgehead atoms. The molecule has 1 saturated carbocycles. The van der Waals surface area contributed by atoms with E-state index in [1.54, 1.807) is 0 Å². The molecule has 3 heteroatoms. The lowest BCUT2D eigenvalue weighted by Crippen LogP contribution is -2.25. The first-order chi connectivity index (χ1) is 8.83. The highest BCUT2D eigenvalue weighted by atomic mass is 15.2. The summed E-state index contributed by atoms with van der Waals surface area (Å²) >= 11 is 0. The second-order valence-electron chi connectivity index (χ2n) is 4.79. The van der Waals surface area contributed by atoms with E-state index in [0.29, 0.717) is 6.04 Å². The van der Waals surface area contributed by atoms with E-state index < -0.39 is 0 Å². The molecule has 2 aromatic rings. The standard InChI is InChI=1S/C15H17N3/c16-13-5-3-4-12(10-13)11-18(14-7-8-14)15-6-1-2-9-17-15/h1-6,9-10,14H,7-8,11,16H2. The molecule has 1 aliphatic rings. The summed E-state index contributed by atoms with van der Waals surface area (Å²) in [7, 11) is 0. The van der Waals surface area contributed by atoms with E-state index in [-0.39, 0.29) is 0 Å². The second-order valence-corrected chi connectivity index (χ2v) is 4.79. The highest BCUT2D eigenvalue weighted by Gasteiger charge is 2.29. The molecule has 3 rings (SSSR count). The van der Waals surface area contributed by atoms with Gasteiger partial charge in [0.2, 0.25) is 0 Å². The second kappa shape index (κ2) is 4.69. The van der Waals surface area contributed by atoms with Gasteiger partial charge in [-0.1, -0.05) is 18.2 Å². The molecule has 0 aliphatic heterocycles. The van der Waals surface area contributed by atoms with Crippen molar-refractivity contribution < 1.29 is 0 Å². The molecule has 1 aromatic carbocycles. The number of benzene rings is 1. The Balaban J connectivity index is 1.83. The van der Waals surface area contributed by atoms with Crippen LogP contribution in [0.3, 0.4) is 0 Å². The first kappa shape index (κ1) is 11.1. The van der Waals surface area contributed by atoms with Crippen LogP contribution in [-0.4, -0.2) is 11.0 Å². The summed E-state index contributed by atoms with van der Waals surface area (Å²) in [6, 6.07) is 14.8. The molecule has 1 aliphatic carbocycles. The van der Waals surface area contributed by atoms with E-state index in [2.05, 4.69) is 22.0 Å². The van der Waals surface area contributed by atoms with Crippen LogP contribution < -0.4 is 10.6 Å². The number of hydrogen-bond acceptors (Lipinski definition) is 3. The Morgan fingerprint density at radius 3 is 2.72 bits per heavy atom. The van der Waals surface area contributed by atoms with E-state index in [1.807, 2.05) is 36.5 Å². The topological polar surface area (TPSA) is 42.1 Å². The minimum atomic E-state index is 0.640. The average Bonchev–Trinajstić information content (AvgIpc) is 3.21. The Labute approximate surface area is 107 Å². The van der Waals surface area contributed by atoms with Crippen molar-refractivity contribution in [3.05, 3.63) is 54.2 Å². The summed E-state index contributed by atoms with van der Waals surface area (Å²) in [5.74, 6) is 1.06. The van der Waals surface area contributed by atoms with Gasteiger partial charge in [0.1, 0.15) is 5.82 Å². The predicted molar refractivity (Wildman–Crippen MR) is 74.3 cm³/mol. The minimum Gasteiger partial charge on any atom is -0.399 e. The zero-order valence-corrected chi connectivity index (χ0v) is 10.3. The van der Waals surface area contributed by atoms with Gasteiger partial charge in [-0.2, -0.15) is 0 Å². The number of nitrogen functional groups attached to an aromatic ring is 1. The number of anilines is 2. The van der Waals surface area contributed by atoms with Crippen molar-refractivity contribution in [1.82, 2.24) is 4.98 Å². The summed E-state index contributed by atoms with van der Waals surface area (Å²) in [5.41, 5.74) is 7.90. The van der Waals surface area contributed by atoms with Crippen molar-refractivity contribution in [2.45, 2.75) is 25.4 Å². The van der Waals surface area contributed by atoms with Gasteiger partial charge in [0.25, 0.3) is 0 Å². The molecule has 0 amide bonds. The van der Waals surface area contributed by atoms with Gasteiger partial charge in [0.05, 0.1) is 0 Å². The smallest absolute Gasteiger partial charge is 0.129 e. The molecule has 2 N–H and O–H groups in total. The number of rotatable bonds is 4. The molecule has 0 atom stereocenters. The van der Waals surface area contributed by atoms with Crippen molar-refractivity contribution in [3.63, 3.8) is 0 Å². The van der Waals surface area contributed by atoms with Crippen LogP contribution in [-0.2, 0) is 6.54 Å². The maximum Gasteiger partial charge on any atom is 0.129 e. The number of aromatic nitrogens is 1. The van der Waals surface area contributed by atoms with Gasteiger partial charge in [-0.25, -0.2) is 4.98 Å². The quantitative estimate of drug-likeness (QED) is 0.834. The third-order valence-electron chi connectivity index (χ3n) is 3.24. The molecule has 0 saturated heterocycles. The molecule has 0 radical (unpaired) electrons. The lowest BCUT2D eigenvalue weighted by molar-refractivity contribution is 0.778. The van der Waals surface area contributed by atoms with Gasteiger partial charge >= 0.3 is 0 Å². The molecule has 1 aromatic heterocycles. The monoisotopic (exact) mass is 239 g/mol. The highest BCUT2D eigenvalue weighted by Crippen LogP contribution is 2.31.